The molecule has 0 bridgehead atoms. The van der Waals surface area contributed by atoms with Gasteiger partial charge in [-0.15, -0.1) is 10.2 Å². The lowest BCUT2D eigenvalue weighted by molar-refractivity contribution is 0.533. The van der Waals surface area contributed by atoms with Gasteiger partial charge in [-0.2, -0.15) is 0 Å². The average molecular weight is 344 g/mol. The van der Waals surface area contributed by atoms with Crippen molar-refractivity contribution in [2.24, 2.45) is 0 Å². The van der Waals surface area contributed by atoms with Crippen LogP contribution in [0, 0.1) is 6.92 Å². The van der Waals surface area contributed by atoms with Gasteiger partial charge in [-0.3, -0.25) is 0 Å². The number of nitrogens with one attached hydrogen (secondary N) is 1. The van der Waals surface area contributed by atoms with Gasteiger partial charge in [0.05, 0.1) is 5.56 Å². The molecule has 0 saturated carbocycles. The number of nitrogens with zero attached hydrogens (tertiary/aromatic N) is 2. The molecule has 5 heteroatoms. The Labute approximate surface area is 131 Å². The molecule has 0 atom stereocenters. The van der Waals surface area contributed by atoms with E-state index in [0.717, 1.165) is 22.3 Å². The van der Waals surface area contributed by atoms with Gasteiger partial charge in [0, 0.05) is 23.6 Å². The van der Waals surface area contributed by atoms with E-state index in [9.17, 15) is 0 Å². The van der Waals surface area contributed by atoms with E-state index in [1.807, 2.05) is 36.4 Å². The minimum Gasteiger partial charge on any atom is -0.421 e. The normalized spacial score (nSPS) is 10.6. The van der Waals surface area contributed by atoms with Crippen LogP contribution in [0.15, 0.2) is 57.4 Å². The number of hydrogen-bond donors (Lipinski definition) is 1. The van der Waals surface area contributed by atoms with E-state index in [1.54, 1.807) is 6.92 Å². The molecule has 0 aliphatic heterocycles. The molecule has 0 unspecified atom stereocenters. The van der Waals surface area contributed by atoms with Gasteiger partial charge in [0.2, 0.25) is 11.8 Å². The Kier molecular flexibility index (Phi) is 4.01. The fourth-order valence-corrected chi connectivity index (χ4v) is 2.52. The van der Waals surface area contributed by atoms with E-state index in [4.69, 9.17) is 4.42 Å². The lowest BCUT2D eigenvalue weighted by Gasteiger charge is -2.10. The molecule has 2 aromatic carbocycles. The number of anilines is 1. The van der Waals surface area contributed by atoms with Crippen molar-refractivity contribution in [1.82, 2.24) is 10.2 Å². The minimum atomic E-state index is 0.532. The van der Waals surface area contributed by atoms with Crippen molar-refractivity contribution in [3.05, 3.63) is 64.5 Å². The zero-order valence-electron chi connectivity index (χ0n) is 11.5. The SMILES string of the molecule is Cc1nnc(-c2ccccc2NCc2cccc(Br)c2)o1. The first kappa shape index (κ1) is 13.8. The maximum atomic E-state index is 5.51. The summed E-state index contributed by atoms with van der Waals surface area (Å²) in [7, 11) is 0. The standard InChI is InChI=1S/C16H14BrN3O/c1-11-19-20-16(21-11)14-7-2-3-8-15(14)18-10-12-5-4-6-13(17)9-12/h2-9,18H,10H2,1H3. The predicted molar refractivity (Wildman–Crippen MR) is 85.9 cm³/mol. The highest BCUT2D eigenvalue weighted by Gasteiger charge is 2.10. The van der Waals surface area contributed by atoms with Gasteiger partial charge >= 0.3 is 0 Å². The van der Waals surface area contributed by atoms with Gasteiger partial charge in [-0.1, -0.05) is 40.2 Å². The molecule has 3 rings (SSSR count). The van der Waals surface area contributed by atoms with Crippen molar-refractivity contribution in [3.8, 4) is 11.5 Å². The monoisotopic (exact) mass is 343 g/mol. The van der Waals surface area contributed by atoms with Gasteiger partial charge in [-0.25, -0.2) is 0 Å². The van der Waals surface area contributed by atoms with Crippen molar-refractivity contribution >= 4 is 21.6 Å². The average Bonchev–Trinajstić information content (AvgIpc) is 2.92. The van der Waals surface area contributed by atoms with Crippen molar-refractivity contribution in [3.63, 3.8) is 0 Å². The van der Waals surface area contributed by atoms with E-state index in [2.05, 4.69) is 43.6 Å². The smallest absolute Gasteiger partial charge is 0.249 e. The quantitative estimate of drug-likeness (QED) is 0.761. The second-order valence-corrected chi connectivity index (χ2v) is 5.57. The van der Waals surface area contributed by atoms with Crippen LogP contribution in [-0.2, 0) is 6.54 Å². The van der Waals surface area contributed by atoms with Crippen molar-refractivity contribution in [2.75, 3.05) is 5.32 Å². The molecule has 1 N–H and O–H groups in total. The van der Waals surface area contributed by atoms with Gasteiger partial charge in [0.1, 0.15) is 0 Å². The topological polar surface area (TPSA) is 51.0 Å². The molecule has 0 amide bonds. The summed E-state index contributed by atoms with van der Waals surface area (Å²) < 4.78 is 6.58. The highest BCUT2D eigenvalue weighted by Crippen LogP contribution is 2.27. The Balaban J connectivity index is 1.83. The van der Waals surface area contributed by atoms with E-state index < -0.39 is 0 Å². The maximum Gasteiger partial charge on any atom is 0.249 e. The molecule has 1 heterocycles. The van der Waals surface area contributed by atoms with Crippen LogP contribution < -0.4 is 5.32 Å². The molecule has 0 spiro atoms. The zero-order chi connectivity index (χ0) is 14.7. The minimum absolute atomic E-state index is 0.532. The molecular weight excluding hydrogens is 330 g/mol. The Morgan fingerprint density at radius 2 is 1.95 bits per heavy atom. The first-order chi connectivity index (χ1) is 10.2. The Hall–Kier alpha value is -2.14. The summed E-state index contributed by atoms with van der Waals surface area (Å²) in [6.45, 7) is 2.51. The largest absolute Gasteiger partial charge is 0.421 e. The van der Waals surface area contributed by atoms with Crippen LogP contribution >= 0.6 is 15.9 Å². The summed E-state index contributed by atoms with van der Waals surface area (Å²) in [5.74, 6) is 1.09. The molecule has 21 heavy (non-hydrogen) atoms. The maximum absolute atomic E-state index is 5.51. The molecule has 1 aromatic heterocycles. The summed E-state index contributed by atoms with van der Waals surface area (Å²) in [5.41, 5.74) is 3.08. The summed E-state index contributed by atoms with van der Waals surface area (Å²) in [6, 6.07) is 16.1. The van der Waals surface area contributed by atoms with E-state index in [0.29, 0.717) is 11.8 Å². The van der Waals surface area contributed by atoms with E-state index >= 15 is 0 Å². The molecule has 0 aliphatic carbocycles. The molecule has 0 saturated heterocycles. The molecule has 3 aromatic rings. The number of benzene rings is 2. The highest BCUT2D eigenvalue weighted by molar-refractivity contribution is 9.10. The molecule has 0 fully saturated rings. The van der Waals surface area contributed by atoms with E-state index in [-0.39, 0.29) is 0 Å². The molecule has 106 valence electrons. The predicted octanol–water partition coefficient (Wildman–Crippen LogP) is 4.42. The first-order valence-corrected chi connectivity index (χ1v) is 7.39. The van der Waals surface area contributed by atoms with Gasteiger partial charge < -0.3 is 9.73 Å². The fourth-order valence-electron chi connectivity index (χ4n) is 2.07. The highest BCUT2D eigenvalue weighted by atomic mass is 79.9. The molecule has 0 radical (unpaired) electrons. The summed E-state index contributed by atoms with van der Waals surface area (Å²) in [6.07, 6.45) is 0. The molecular formula is C16H14BrN3O. The van der Waals surface area contributed by atoms with E-state index in [1.165, 1.54) is 5.56 Å². The third-order valence-corrected chi connectivity index (χ3v) is 3.55. The first-order valence-electron chi connectivity index (χ1n) is 6.60. The number of halogens is 1. The number of para-hydroxylation sites is 1. The van der Waals surface area contributed by atoms with Crippen LogP contribution in [0.3, 0.4) is 0 Å². The molecule has 0 aliphatic rings. The van der Waals surface area contributed by atoms with Gasteiger partial charge in [-0.05, 0) is 29.8 Å². The van der Waals surface area contributed by atoms with Gasteiger partial charge in [0.15, 0.2) is 0 Å². The van der Waals surface area contributed by atoms with Crippen LogP contribution in [0.5, 0.6) is 0 Å². The summed E-state index contributed by atoms with van der Waals surface area (Å²) in [5, 5.41) is 11.4. The Morgan fingerprint density at radius 3 is 2.71 bits per heavy atom. The fraction of sp³-hybridized carbons (Fsp3) is 0.125. The number of rotatable bonds is 4. The number of hydrogen-bond acceptors (Lipinski definition) is 4. The summed E-state index contributed by atoms with van der Waals surface area (Å²) in [4.78, 5) is 0. The third-order valence-electron chi connectivity index (χ3n) is 3.06. The summed E-state index contributed by atoms with van der Waals surface area (Å²) >= 11 is 3.48. The number of aromatic nitrogens is 2. The second kappa shape index (κ2) is 6.10. The lowest BCUT2D eigenvalue weighted by Crippen LogP contribution is -2.00. The van der Waals surface area contributed by atoms with Crippen LogP contribution in [0.4, 0.5) is 5.69 Å². The lowest BCUT2D eigenvalue weighted by atomic mass is 10.1. The van der Waals surface area contributed by atoms with Gasteiger partial charge in [0.25, 0.3) is 0 Å². The van der Waals surface area contributed by atoms with Crippen LogP contribution in [-0.4, -0.2) is 10.2 Å². The van der Waals surface area contributed by atoms with Crippen LogP contribution in [0.2, 0.25) is 0 Å². The molecule has 4 nitrogen and oxygen atoms in total. The van der Waals surface area contributed by atoms with Crippen LogP contribution in [0.25, 0.3) is 11.5 Å². The zero-order valence-corrected chi connectivity index (χ0v) is 13.1. The van der Waals surface area contributed by atoms with Crippen molar-refractivity contribution in [1.29, 1.82) is 0 Å². The second-order valence-electron chi connectivity index (χ2n) is 4.66. The third kappa shape index (κ3) is 3.31. The van der Waals surface area contributed by atoms with Crippen molar-refractivity contribution < 1.29 is 4.42 Å². The van der Waals surface area contributed by atoms with Crippen LogP contribution in [0.1, 0.15) is 11.5 Å². The van der Waals surface area contributed by atoms with Crippen molar-refractivity contribution in [2.45, 2.75) is 13.5 Å². The Bertz CT molecular complexity index is 755. The number of aryl methyl sites for hydroxylation is 1. The Morgan fingerprint density at radius 1 is 1.10 bits per heavy atom.